The highest BCUT2D eigenvalue weighted by atomic mass is 16.5. The average Bonchev–Trinajstić information content (AvgIpc) is 2.62. The van der Waals surface area contributed by atoms with E-state index in [-0.39, 0.29) is 5.91 Å². The number of carbonyl (C=O) groups is 1. The SMILES string of the molecule is CCNC(=NCCN1CCN(C(C)=O)CC1)NCCN(C)CCCOC. The van der Waals surface area contributed by atoms with E-state index in [4.69, 9.17) is 4.74 Å². The van der Waals surface area contributed by atoms with Crippen molar-refractivity contribution in [3.8, 4) is 0 Å². The number of ether oxygens (including phenoxy) is 1. The van der Waals surface area contributed by atoms with Gasteiger partial charge in [-0.05, 0) is 20.4 Å². The first-order valence-corrected chi connectivity index (χ1v) is 9.74. The first-order valence-electron chi connectivity index (χ1n) is 9.74. The quantitative estimate of drug-likeness (QED) is 0.295. The van der Waals surface area contributed by atoms with Crippen LogP contribution in [0, 0.1) is 0 Å². The lowest BCUT2D eigenvalue weighted by Crippen LogP contribution is -2.48. The number of guanidine groups is 1. The molecule has 2 N–H and O–H groups in total. The highest BCUT2D eigenvalue weighted by Crippen LogP contribution is 2.01. The van der Waals surface area contributed by atoms with Crippen LogP contribution in [0.1, 0.15) is 20.3 Å². The third-order valence-electron chi connectivity index (χ3n) is 4.52. The van der Waals surface area contributed by atoms with Crippen molar-refractivity contribution >= 4 is 11.9 Å². The molecule has 0 aromatic heterocycles. The molecule has 1 aliphatic heterocycles. The Morgan fingerprint density at radius 3 is 2.54 bits per heavy atom. The number of methoxy groups -OCH3 is 1. The molecule has 0 aromatic rings. The van der Waals surface area contributed by atoms with E-state index in [0.29, 0.717) is 0 Å². The van der Waals surface area contributed by atoms with Crippen LogP contribution in [-0.4, -0.2) is 113 Å². The zero-order valence-electron chi connectivity index (χ0n) is 17.1. The highest BCUT2D eigenvalue weighted by Gasteiger charge is 2.17. The van der Waals surface area contributed by atoms with Gasteiger partial charge in [-0.1, -0.05) is 0 Å². The van der Waals surface area contributed by atoms with E-state index in [9.17, 15) is 4.79 Å². The summed E-state index contributed by atoms with van der Waals surface area (Å²) < 4.78 is 5.08. The number of hydrogen-bond donors (Lipinski definition) is 2. The summed E-state index contributed by atoms with van der Waals surface area (Å²) in [7, 11) is 3.87. The monoisotopic (exact) mass is 370 g/mol. The second-order valence-electron chi connectivity index (χ2n) is 6.68. The van der Waals surface area contributed by atoms with Crippen LogP contribution >= 0.6 is 0 Å². The number of aliphatic imine (C=N–C) groups is 1. The van der Waals surface area contributed by atoms with Crippen LogP contribution in [0.2, 0.25) is 0 Å². The van der Waals surface area contributed by atoms with E-state index in [0.717, 1.165) is 84.4 Å². The summed E-state index contributed by atoms with van der Waals surface area (Å²) in [6.07, 6.45) is 1.05. The van der Waals surface area contributed by atoms with Crippen molar-refractivity contribution in [3.63, 3.8) is 0 Å². The van der Waals surface area contributed by atoms with E-state index >= 15 is 0 Å². The van der Waals surface area contributed by atoms with Gasteiger partial charge in [0.1, 0.15) is 0 Å². The molecule has 8 heteroatoms. The number of likely N-dealkylation sites (N-methyl/N-ethyl adjacent to an activating group) is 1. The molecular weight excluding hydrogens is 332 g/mol. The van der Waals surface area contributed by atoms with Gasteiger partial charge >= 0.3 is 0 Å². The molecule has 26 heavy (non-hydrogen) atoms. The Hall–Kier alpha value is -1.38. The molecule has 0 aliphatic carbocycles. The van der Waals surface area contributed by atoms with E-state index in [1.807, 2.05) is 4.90 Å². The lowest BCUT2D eigenvalue weighted by molar-refractivity contribution is -0.130. The fourth-order valence-electron chi connectivity index (χ4n) is 2.89. The van der Waals surface area contributed by atoms with Gasteiger partial charge in [-0.25, -0.2) is 0 Å². The Kier molecular flexibility index (Phi) is 12.0. The standard InChI is InChI=1S/C18H38N6O2/c1-5-19-18(20-7-10-22(3)9-6-16-26-4)21-8-11-23-12-14-24(15-13-23)17(2)25/h5-16H2,1-4H3,(H2,19,20,21). The van der Waals surface area contributed by atoms with Crippen molar-refractivity contribution in [2.75, 3.05) is 86.2 Å². The van der Waals surface area contributed by atoms with Gasteiger partial charge in [-0.3, -0.25) is 14.7 Å². The van der Waals surface area contributed by atoms with Crippen LogP contribution in [0.3, 0.4) is 0 Å². The van der Waals surface area contributed by atoms with Crippen LogP contribution in [0.15, 0.2) is 4.99 Å². The molecule has 1 amide bonds. The van der Waals surface area contributed by atoms with E-state index in [1.54, 1.807) is 14.0 Å². The summed E-state index contributed by atoms with van der Waals surface area (Å²) in [5.74, 6) is 1.05. The van der Waals surface area contributed by atoms with Crippen molar-refractivity contribution < 1.29 is 9.53 Å². The number of rotatable bonds is 11. The molecule has 0 aromatic carbocycles. The van der Waals surface area contributed by atoms with Crippen LogP contribution in [0.25, 0.3) is 0 Å². The third kappa shape index (κ3) is 9.94. The Balaban J connectivity index is 2.23. The maximum absolute atomic E-state index is 11.4. The van der Waals surface area contributed by atoms with Crippen LogP contribution in [0.5, 0.6) is 0 Å². The van der Waals surface area contributed by atoms with Gasteiger partial charge in [0.15, 0.2) is 5.96 Å². The lowest BCUT2D eigenvalue weighted by atomic mass is 10.3. The smallest absolute Gasteiger partial charge is 0.219 e. The molecular formula is C18H38N6O2. The minimum Gasteiger partial charge on any atom is -0.385 e. The fraction of sp³-hybridized carbons (Fsp3) is 0.889. The van der Waals surface area contributed by atoms with E-state index < -0.39 is 0 Å². The lowest BCUT2D eigenvalue weighted by Gasteiger charge is -2.33. The first-order chi connectivity index (χ1) is 12.6. The maximum Gasteiger partial charge on any atom is 0.219 e. The molecule has 8 nitrogen and oxygen atoms in total. The number of hydrogen-bond acceptors (Lipinski definition) is 5. The van der Waals surface area contributed by atoms with Crippen molar-refractivity contribution in [1.82, 2.24) is 25.3 Å². The molecule has 0 bridgehead atoms. The maximum atomic E-state index is 11.4. The zero-order valence-corrected chi connectivity index (χ0v) is 17.1. The third-order valence-corrected chi connectivity index (χ3v) is 4.52. The fourth-order valence-corrected chi connectivity index (χ4v) is 2.89. The first kappa shape index (κ1) is 22.7. The molecule has 152 valence electrons. The van der Waals surface area contributed by atoms with Gasteiger partial charge in [0.2, 0.25) is 5.91 Å². The summed E-state index contributed by atoms with van der Waals surface area (Å²) >= 11 is 0. The topological polar surface area (TPSA) is 72.4 Å². The summed E-state index contributed by atoms with van der Waals surface area (Å²) in [6, 6.07) is 0. The van der Waals surface area contributed by atoms with Gasteiger partial charge < -0.3 is 25.2 Å². The molecule has 1 rings (SSSR count). The Bertz CT molecular complexity index is 410. The van der Waals surface area contributed by atoms with Crippen LogP contribution in [-0.2, 0) is 9.53 Å². The zero-order chi connectivity index (χ0) is 19.2. The molecule has 1 fully saturated rings. The molecule has 1 aliphatic rings. The Morgan fingerprint density at radius 1 is 1.19 bits per heavy atom. The van der Waals surface area contributed by atoms with Gasteiger partial charge in [0, 0.05) is 79.5 Å². The summed E-state index contributed by atoms with van der Waals surface area (Å²) in [5.41, 5.74) is 0. The summed E-state index contributed by atoms with van der Waals surface area (Å²) in [5, 5.41) is 6.69. The predicted octanol–water partition coefficient (Wildman–Crippen LogP) is -0.326. The van der Waals surface area contributed by atoms with Crippen molar-refractivity contribution in [3.05, 3.63) is 0 Å². The number of nitrogens with zero attached hydrogens (tertiary/aromatic N) is 4. The molecule has 1 saturated heterocycles. The number of carbonyl (C=O) groups excluding carboxylic acids is 1. The largest absolute Gasteiger partial charge is 0.385 e. The van der Waals surface area contributed by atoms with Crippen molar-refractivity contribution in [2.24, 2.45) is 4.99 Å². The minimum atomic E-state index is 0.175. The molecule has 0 radical (unpaired) electrons. The minimum absolute atomic E-state index is 0.175. The second-order valence-corrected chi connectivity index (χ2v) is 6.68. The van der Waals surface area contributed by atoms with Crippen LogP contribution in [0.4, 0.5) is 0 Å². The molecule has 1 heterocycles. The Labute approximate surface area is 158 Å². The summed E-state index contributed by atoms with van der Waals surface area (Å²) in [4.78, 5) is 22.6. The average molecular weight is 371 g/mol. The number of piperazine rings is 1. The molecule has 0 atom stereocenters. The van der Waals surface area contributed by atoms with Crippen molar-refractivity contribution in [1.29, 1.82) is 0 Å². The van der Waals surface area contributed by atoms with Gasteiger partial charge in [-0.15, -0.1) is 0 Å². The van der Waals surface area contributed by atoms with E-state index in [1.165, 1.54) is 0 Å². The highest BCUT2D eigenvalue weighted by molar-refractivity contribution is 5.79. The summed E-state index contributed by atoms with van der Waals surface area (Å²) in [6.45, 7) is 13.5. The second kappa shape index (κ2) is 13.8. The number of amides is 1. The predicted molar refractivity (Wildman–Crippen MR) is 107 cm³/mol. The van der Waals surface area contributed by atoms with Crippen molar-refractivity contribution in [2.45, 2.75) is 20.3 Å². The normalized spacial score (nSPS) is 16.2. The van der Waals surface area contributed by atoms with Gasteiger partial charge in [-0.2, -0.15) is 0 Å². The molecule has 0 unspecified atom stereocenters. The molecule has 0 spiro atoms. The van der Waals surface area contributed by atoms with Crippen LogP contribution < -0.4 is 10.6 Å². The Morgan fingerprint density at radius 2 is 1.92 bits per heavy atom. The molecule has 0 saturated carbocycles. The van der Waals surface area contributed by atoms with Gasteiger partial charge in [0.25, 0.3) is 0 Å². The van der Waals surface area contributed by atoms with E-state index in [2.05, 4.69) is 39.4 Å². The number of nitrogens with one attached hydrogen (secondary N) is 2. The van der Waals surface area contributed by atoms with Gasteiger partial charge in [0.05, 0.1) is 6.54 Å².